The van der Waals surface area contributed by atoms with Crippen LogP contribution in [0.5, 0.6) is 5.75 Å². The van der Waals surface area contributed by atoms with Gasteiger partial charge in [-0.05, 0) is 6.07 Å². The van der Waals surface area contributed by atoms with Gasteiger partial charge in [-0.2, -0.15) is 0 Å². The van der Waals surface area contributed by atoms with Gasteiger partial charge >= 0.3 is 0 Å². The number of aromatic hydroxyl groups is 1. The number of thiazole rings is 1. The molecular weight excluding hydrogens is 297 g/mol. The molecule has 1 amide bonds. The summed E-state index contributed by atoms with van der Waals surface area (Å²) in [7, 11) is 0. The van der Waals surface area contributed by atoms with E-state index in [1.165, 1.54) is 29.8 Å². The Labute approximate surface area is 116 Å². The number of carbonyl (C=O) groups is 1. The number of nitrogens with one attached hydrogen (secondary N) is 1. The summed E-state index contributed by atoms with van der Waals surface area (Å²) in [6.07, 6.45) is 2.85. The average Bonchev–Trinajstić information content (AvgIpc) is 2.76. The lowest BCUT2D eigenvalue weighted by atomic mass is 10.3. The smallest absolute Gasteiger partial charge is 0.274 e. The Hall–Kier alpha value is -1.37. The van der Waals surface area contributed by atoms with Crippen LogP contribution in [0.3, 0.4) is 0 Å². The van der Waals surface area contributed by atoms with E-state index in [-0.39, 0.29) is 23.0 Å². The Kier molecular flexibility index (Phi) is 4.00. The lowest BCUT2D eigenvalue weighted by molar-refractivity contribution is 0.0943. The van der Waals surface area contributed by atoms with Gasteiger partial charge in [0.15, 0.2) is 11.4 Å². The number of aromatic nitrogens is 2. The molecule has 94 valence electrons. The van der Waals surface area contributed by atoms with Crippen LogP contribution in [0.15, 0.2) is 18.5 Å². The minimum Gasteiger partial charge on any atom is -0.504 e. The summed E-state index contributed by atoms with van der Waals surface area (Å²) in [6.45, 7) is 0.212. The molecule has 0 aliphatic heterocycles. The van der Waals surface area contributed by atoms with Crippen LogP contribution < -0.4 is 5.32 Å². The van der Waals surface area contributed by atoms with Crippen molar-refractivity contribution >= 4 is 40.4 Å². The van der Waals surface area contributed by atoms with Crippen LogP contribution in [0.4, 0.5) is 0 Å². The largest absolute Gasteiger partial charge is 0.504 e. The van der Waals surface area contributed by atoms with E-state index in [4.69, 9.17) is 23.2 Å². The van der Waals surface area contributed by atoms with Gasteiger partial charge in [-0.25, -0.2) is 9.97 Å². The Morgan fingerprint density at radius 3 is 2.89 bits per heavy atom. The monoisotopic (exact) mass is 303 g/mol. The average molecular weight is 304 g/mol. The number of hydrogen-bond acceptors (Lipinski definition) is 5. The fourth-order valence-corrected chi connectivity index (χ4v) is 2.25. The number of carbonyl (C=O) groups excluding carboxylic acids is 1. The highest BCUT2D eigenvalue weighted by Gasteiger charge is 2.15. The number of hydrogen-bond donors (Lipinski definition) is 2. The highest BCUT2D eigenvalue weighted by Crippen LogP contribution is 2.25. The molecule has 5 nitrogen and oxygen atoms in total. The van der Waals surface area contributed by atoms with E-state index in [0.29, 0.717) is 9.34 Å². The standard InChI is InChI=1S/C10H7Cl2N3O2S/c11-5-1-2-13-8(9(5)16)10(17)15-4-7-14-3-6(12)18-7/h1-3,16H,4H2,(H,15,17). The zero-order chi connectivity index (χ0) is 13.1. The first-order chi connectivity index (χ1) is 8.58. The summed E-state index contributed by atoms with van der Waals surface area (Å²) in [4.78, 5) is 19.5. The Morgan fingerprint density at radius 2 is 2.22 bits per heavy atom. The van der Waals surface area contributed by atoms with E-state index in [0.717, 1.165) is 0 Å². The van der Waals surface area contributed by atoms with Crippen molar-refractivity contribution < 1.29 is 9.90 Å². The quantitative estimate of drug-likeness (QED) is 0.913. The van der Waals surface area contributed by atoms with Crippen molar-refractivity contribution in [2.75, 3.05) is 0 Å². The Morgan fingerprint density at radius 1 is 1.44 bits per heavy atom. The third-order valence-corrected chi connectivity index (χ3v) is 3.44. The molecule has 0 atom stereocenters. The van der Waals surface area contributed by atoms with Crippen molar-refractivity contribution in [2.45, 2.75) is 6.54 Å². The maximum atomic E-state index is 11.7. The molecule has 8 heteroatoms. The van der Waals surface area contributed by atoms with Gasteiger partial charge in [-0.3, -0.25) is 4.79 Å². The summed E-state index contributed by atoms with van der Waals surface area (Å²) in [5, 5.41) is 12.9. The van der Waals surface area contributed by atoms with Gasteiger partial charge < -0.3 is 10.4 Å². The first-order valence-corrected chi connectivity index (χ1v) is 6.37. The first kappa shape index (κ1) is 13.1. The van der Waals surface area contributed by atoms with Crippen molar-refractivity contribution in [1.82, 2.24) is 15.3 Å². The van der Waals surface area contributed by atoms with E-state index in [1.807, 2.05) is 0 Å². The van der Waals surface area contributed by atoms with Crippen molar-refractivity contribution in [2.24, 2.45) is 0 Å². The normalized spacial score (nSPS) is 10.3. The zero-order valence-electron chi connectivity index (χ0n) is 8.85. The fraction of sp³-hybridized carbons (Fsp3) is 0.100. The summed E-state index contributed by atoms with van der Waals surface area (Å²) in [5.41, 5.74) is -0.120. The van der Waals surface area contributed by atoms with Crippen LogP contribution in [-0.4, -0.2) is 21.0 Å². The maximum Gasteiger partial charge on any atom is 0.274 e. The van der Waals surface area contributed by atoms with Gasteiger partial charge in [-0.1, -0.05) is 23.2 Å². The van der Waals surface area contributed by atoms with Gasteiger partial charge in [0.2, 0.25) is 0 Å². The first-order valence-electron chi connectivity index (χ1n) is 4.80. The number of nitrogens with zero attached hydrogens (tertiary/aromatic N) is 2. The van der Waals surface area contributed by atoms with Crippen LogP contribution in [0.1, 0.15) is 15.5 Å². The molecule has 0 unspecified atom stereocenters. The third kappa shape index (κ3) is 2.90. The summed E-state index contributed by atoms with van der Waals surface area (Å²) < 4.78 is 0.544. The number of pyridine rings is 1. The summed E-state index contributed by atoms with van der Waals surface area (Å²) in [5.74, 6) is -0.866. The number of amides is 1. The van der Waals surface area contributed by atoms with Crippen LogP contribution in [-0.2, 0) is 6.54 Å². The predicted molar refractivity (Wildman–Crippen MR) is 69.2 cm³/mol. The molecule has 18 heavy (non-hydrogen) atoms. The van der Waals surface area contributed by atoms with Crippen LogP contribution in [0.2, 0.25) is 9.36 Å². The molecule has 2 aromatic heterocycles. The summed E-state index contributed by atoms with van der Waals surface area (Å²) in [6, 6.07) is 1.40. The molecule has 2 N–H and O–H groups in total. The second-order valence-corrected chi connectivity index (χ2v) is 5.38. The van der Waals surface area contributed by atoms with Gasteiger partial charge in [0, 0.05) is 6.20 Å². The second kappa shape index (κ2) is 5.51. The molecule has 2 aromatic rings. The van der Waals surface area contributed by atoms with Crippen LogP contribution in [0, 0.1) is 0 Å². The SMILES string of the molecule is O=C(NCc1ncc(Cl)s1)c1nccc(Cl)c1O. The van der Waals surface area contributed by atoms with E-state index in [9.17, 15) is 9.90 Å². The molecule has 0 aliphatic rings. The number of halogens is 2. The fourth-order valence-electron chi connectivity index (χ4n) is 1.21. The zero-order valence-corrected chi connectivity index (χ0v) is 11.2. The van der Waals surface area contributed by atoms with Gasteiger partial charge in [-0.15, -0.1) is 11.3 Å². The minimum atomic E-state index is -0.527. The molecule has 0 aromatic carbocycles. The molecular formula is C10H7Cl2N3O2S. The maximum absolute atomic E-state index is 11.7. The van der Waals surface area contributed by atoms with E-state index < -0.39 is 5.91 Å². The molecule has 0 bridgehead atoms. The molecule has 0 saturated heterocycles. The van der Waals surface area contributed by atoms with Crippen LogP contribution >= 0.6 is 34.5 Å². The third-order valence-electron chi connectivity index (χ3n) is 2.02. The van der Waals surface area contributed by atoms with E-state index >= 15 is 0 Å². The second-order valence-electron chi connectivity index (χ2n) is 3.23. The van der Waals surface area contributed by atoms with Gasteiger partial charge in [0.25, 0.3) is 5.91 Å². The number of rotatable bonds is 3. The van der Waals surface area contributed by atoms with E-state index in [2.05, 4.69) is 15.3 Å². The van der Waals surface area contributed by atoms with Gasteiger partial charge in [0.05, 0.1) is 17.8 Å². The molecule has 2 heterocycles. The summed E-state index contributed by atoms with van der Waals surface area (Å²) >= 11 is 12.7. The highest BCUT2D eigenvalue weighted by atomic mass is 35.5. The molecule has 2 rings (SSSR count). The predicted octanol–water partition coefficient (Wildman–Crippen LogP) is 2.48. The lowest BCUT2D eigenvalue weighted by Gasteiger charge is -2.05. The molecule has 0 aliphatic carbocycles. The highest BCUT2D eigenvalue weighted by molar-refractivity contribution is 7.15. The Bertz CT molecular complexity index is 588. The van der Waals surface area contributed by atoms with Crippen molar-refractivity contribution in [1.29, 1.82) is 0 Å². The van der Waals surface area contributed by atoms with Crippen molar-refractivity contribution in [3.05, 3.63) is 38.5 Å². The molecule has 0 saturated carbocycles. The Balaban J connectivity index is 2.06. The lowest BCUT2D eigenvalue weighted by Crippen LogP contribution is -2.23. The van der Waals surface area contributed by atoms with E-state index in [1.54, 1.807) is 0 Å². The molecule has 0 fully saturated rings. The van der Waals surface area contributed by atoms with Crippen molar-refractivity contribution in [3.63, 3.8) is 0 Å². The molecule has 0 radical (unpaired) electrons. The van der Waals surface area contributed by atoms with Gasteiger partial charge in [0.1, 0.15) is 9.34 Å². The van der Waals surface area contributed by atoms with Crippen molar-refractivity contribution in [3.8, 4) is 5.75 Å². The minimum absolute atomic E-state index is 0.0763. The molecule has 0 spiro atoms. The van der Waals surface area contributed by atoms with Crippen LogP contribution in [0.25, 0.3) is 0 Å². The topological polar surface area (TPSA) is 75.1 Å².